The fourth-order valence-corrected chi connectivity index (χ4v) is 1.65. The maximum absolute atomic E-state index is 11.6. The summed E-state index contributed by atoms with van der Waals surface area (Å²) in [7, 11) is 0. The van der Waals surface area contributed by atoms with Crippen molar-refractivity contribution in [3.8, 4) is 0 Å². The molecule has 0 aromatic rings. The molecule has 16 heavy (non-hydrogen) atoms. The van der Waals surface area contributed by atoms with Crippen LogP contribution in [0.4, 0.5) is 0 Å². The largest absolute Gasteiger partial charge is 0.321 e. The van der Waals surface area contributed by atoms with Gasteiger partial charge in [-0.05, 0) is 13.3 Å². The number of hydrogen-bond acceptors (Lipinski definition) is 4. The molecular formula is C10H14N2O4. The maximum atomic E-state index is 11.6. The monoisotopic (exact) mass is 226 g/mol. The van der Waals surface area contributed by atoms with Gasteiger partial charge in [-0.15, -0.1) is 0 Å². The minimum absolute atomic E-state index is 0.156. The summed E-state index contributed by atoms with van der Waals surface area (Å²) in [6.07, 6.45) is 0.153. The van der Waals surface area contributed by atoms with Crippen molar-refractivity contribution >= 4 is 23.5 Å². The first-order valence-corrected chi connectivity index (χ1v) is 5.08. The van der Waals surface area contributed by atoms with Crippen molar-refractivity contribution in [2.75, 3.05) is 6.54 Å². The Bertz CT molecular complexity index is 351. The number of imide groups is 1. The second kappa shape index (κ2) is 4.87. The number of ketones is 1. The molecule has 1 fully saturated rings. The van der Waals surface area contributed by atoms with Crippen molar-refractivity contribution < 1.29 is 19.2 Å². The fourth-order valence-electron chi connectivity index (χ4n) is 1.65. The van der Waals surface area contributed by atoms with E-state index in [1.54, 1.807) is 6.92 Å². The lowest BCUT2D eigenvalue weighted by Gasteiger charge is -2.33. The minimum Gasteiger partial charge on any atom is -0.321 e. The molecule has 0 aliphatic carbocycles. The highest BCUT2D eigenvalue weighted by Gasteiger charge is 2.35. The number of piperazine rings is 1. The van der Waals surface area contributed by atoms with Gasteiger partial charge in [0.25, 0.3) is 0 Å². The van der Waals surface area contributed by atoms with Crippen molar-refractivity contribution in [1.29, 1.82) is 0 Å². The highest BCUT2D eigenvalue weighted by molar-refractivity contribution is 6.06. The summed E-state index contributed by atoms with van der Waals surface area (Å²) >= 11 is 0. The van der Waals surface area contributed by atoms with Gasteiger partial charge in [-0.2, -0.15) is 0 Å². The van der Waals surface area contributed by atoms with E-state index < -0.39 is 23.8 Å². The number of carbonyl (C=O) groups excluding carboxylic acids is 4. The Hall–Kier alpha value is -1.72. The smallest absolute Gasteiger partial charge is 0.249 e. The molecule has 0 aromatic heterocycles. The Morgan fingerprint density at radius 3 is 2.56 bits per heavy atom. The van der Waals surface area contributed by atoms with Crippen LogP contribution in [0.15, 0.2) is 0 Å². The highest BCUT2D eigenvalue weighted by atomic mass is 16.2. The number of hydrogen-bond donors (Lipinski definition) is 1. The SMILES string of the molecule is CCC1C(=O)NC(=O)CN1C(=O)CC(C)=O. The Morgan fingerprint density at radius 2 is 2.06 bits per heavy atom. The van der Waals surface area contributed by atoms with Crippen LogP contribution in [0.25, 0.3) is 0 Å². The quantitative estimate of drug-likeness (QED) is 0.506. The topological polar surface area (TPSA) is 83.6 Å². The molecule has 88 valence electrons. The molecule has 1 unspecified atom stereocenters. The predicted octanol–water partition coefficient (Wildman–Crippen LogP) is -0.771. The molecule has 3 amide bonds. The van der Waals surface area contributed by atoms with Gasteiger partial charge in [-0.3, -0.25) is 24.5 Å². The van der Waals surface area contributed by atoms with E-state index in [-0.39, 0.29) is 18.7 Å². The Labute approximate surface area is 93.0 Å². The first kappa shape index (κ1) is 12.4. The number of nitrogens with one attached hydrogen (secondary N) is 1. The molecule has 1 aliphatic heterocycles. The first-order valence-electron chi connectivity index (χ1n) is 5.08. The maximum Gasteiger partial charge on any atom is 0.249 e. The van der Waals surface area contributed by atoms with Gasteiger partial charge in [0.2, 0.25) is 17.7 Å². The van der Waals surface area contributed by atoms with Gasteiger partial charge in [0.05, 0.1) is 6.42 Å². The van der Waals surface area contributed by atoms with Crippen LogP contribution in [0.1, 0.15) is 26.7 Å². The third-order valence-electron chi connectivity index (χ3n) is 2.36. The Morgan fingerprint density at radius 1 is 1.44 bits per heavy atom. The van der Waals surface area contributed by atoms with E-state index in [0.717, 1.165) is 0 Å². The van der Waals surface area contributed by atoms with Crippen LogP contribution in [0.2, 0.25) is 0 Å². The third-order valence-corrected chi connectivity index (χ3v) is 2.36. The second-order valence-electron chi connectivity index (χ2n) is 3.74. The van der Waals surface area contributed by atoms with E-state index in [0.29, 0.717) is 6.42 Å². The second-order valence-corrected chi connectivity index (χ2v) is 3.74. The predicted molar refractivity (Wildman–Crippen MR) is 54.2 cm³/mol. The molecule has 0 bridgehead atoms. The molecule has 1 N–H and O–H groups in total. The zero-order valence-electron chi connectivity index (χ0n) is 9.28. The van der Waals surface area contributed by atoms with E-state index in [1.165, 1.54) is 11.8 Å². The van der Waals surface area contributed by atoms with E-state index in [9.17, 15) is 19.2 Å². The molecule has 0 saturated carbocycles. The van der Waals surface area contributed by atoms with Crippen molar-refractivity contribution in [2.24, 2.45) is 0 Å². The van der Waals surface area contributed by atoms with Crippen LogP contribution in [-0.2, 0) is 19.2 Å². The lowest BCUT2D eigenvalue weighted by Crippen LogP contribution is -2.59. The van der Waals surface area contributed by atoms with Crippen LogP contribution in [-0.4, -0.2) is 41.0 Å². The lowest BCUT2D eigenvalue weighted by atomic mass is 10.1. The molecule has 6 nitrogen and oxygen atoms in total. The van der Waals surface area contributed by atoms with E-state index in [4.69, 9.17) is 0 Å². The van der Waals surface area contributed by atoms with Crippen LogP contribution in [0.3, 0.4) is 0 Å². The van der Waals surface area contributed by atoms with Gasteiger partial charge in [0.15, 0.2) is 0 Å². The van der Waals surface area contributed by atoms with Gasteiger partial charge >= 0.3 is 0 Å². The highest BCUT2D eigenvalue weighted by Crippen LogP contribution is 2.10. The van der Waals surface area contributed by atoms with Gasteiger partial charge in [0.1, 0.15) is 18.4 Å². The zero-order chi connectivity index (χ0) is 12.3. The number of Topliss-reactive ketones (excluding diaryl/α,β-unsaturated/α-hetero) is 1. The summed E-state index contributed by atoms with van der Waals surface area (Å²) in [5.41, 5.74) is 0. The number of nitrogens with zero attached hydrogens (tertiary/aromatic N) is 1. The molecule has 0 radical (unpaired) electrons. The van der Waals surface area contributed by atoms with Gasteiger partial charge < -0.3 is 4.90 Å². The Kier molecular flexibility index (Phi) is 3.76. The average Bonchev–Trinajstić information content (AvgIpc) is 2.15. The number of rotatable bonds is 3. The van der Waals surface area contributed by atoms with Gasteiger partial charge in [0, 0.05) is 0 Å². The molecule has 1 rings (SSSR count). The van der Waals surface area contributed by atoms with Gasteiger partial charge in [-0.1, -0.05) is 6.92 Å². The third kappa shape index (κ3) is 2.65. The normalized spacial score (nSPS) is 20.6. The minimum atomic E-state index is -0.649. The summed E-state index contributed by atoms with van der Waals surface area (Å²) in [5.74, 6) is -1.73. The van der Waals surface area contributed by atoms with Gasteiger partial charge in [-0.25, -0.2) is 0 Å². The number of amides is 3. The summed E-state index contributed by atoms with van der Waals surface area (Å²) in [6, 6.07) is -0.649. The molecule has 1 saturated heterocycles. The molecule has 1 atom stereocenters. The van der Waals surface area contributed by atoms with Crippen molar-refractivity contribution in [2.45, 2.75) is 32.7 Å². The van der Waals surface area contributed by atoms with E-state index in [2.05, 4.69) is 5.32 Å². The lowest BCUT2D eigenvalue weighted by molar-refractivity contribution is -0.151. The fraction of sp³-hybridized carbons (Fsp3) is 0.600. The number of carbonyl (C=O) groups is 4. The molecule has 6 heteroatoms. The summed E-state index contributed by atoms with van der Waals surface area (Å²) in [4.78, 5) is 46.2. The molecule has 0 spiro atoms. The zero-order valence-corrected chi connectivity index (χ0v) is 9.28. The van der Waals surface area contributed by atoms with E-state index >= 15 is 0 Å². The molecule has 0 aromatic carbocycles. The van der Waals surface area contributed by atoms with Crippen molar-refractivity contribution in [1.82, 2.24) is 10.2 Å². The molecule has 1 aliphatic rings. The van der Waals surface area contributed by atoms with Crippen LogP contribution < -0.4 is 5.32 Å². The summed E-state index contributed by atoms with van der Waals surface area (Å²) in [5, 5.41) is 2.16. The van der Waals surface area contributed by atoms with Crippen molar-refractivity contribution in [3.63, 3.8) is 0 Å². The average molecular weight is 226 g/mol. The van der Waals surface area contributed by atoms with E-state index in [1.807, 2.05) is 0 Å². The van der Waals surface area contributed by atoms with Crippen molar-refractivity contribution in [3.05, 3.63) is 0 Å². The van der Waals surface area contributed by atoms with Crippen LogP contribution in [0, 0.1) is 0 Å². The standard InChI is InChI=1S/C10H14N2O4/c1-3-7-10(16)11-8(14)5-12(7)9(15)4-6(2)13/h7H,3-5H2,1-2H3,(H,11,14,16). The molecular weight excluding hydrogens is 212 g/mol. The first-order chi connectivity index (χ1) is 7.45. The Balaban J connectivity index is 2.81. The summed E-state index contributed by atoms with van der Waals surface area (Å²) in [6.45, 7) is 2.88. The van der Waals surface area contributed by atoms with Crippen LogP contribution >= 0.6 is 0 Å². The summed E-state index contributed by atoms with van der Waals surface area (Å²) < 4.78 is 0. The molecule has 1 heterocycles. The van der Waals surface area contributed by atoms with Crippen LogP contribution in [0.5, 0.6) is 0 Å².